The number of aryl methyl sites for hydroxylation is 2. The molecule has 12 heteroatoms. The van der Waals surface area contributed by atoms with Gasteiger partial charge in [-0.25, -0.2) is 0 Å². The molecule has 0 radical (unpaired) electrons. The molecule has 0 amide bonds. The Labute approximate surface area is 341 Å². The van der Waals surface area contributed by atoms with Crippen molar-refractivity contribution in [3.05, 3.63) is 155 Å². The van der Waals surface area contributed by atoms with E-state index >= 15 is 0 Å². The van der Waals surface area contributed by atoms with Crippen LogP contribution in [0.1, 0.15) is 57.3 Å². The van der Waals surface area contributed by atoms with Gasteiger partial charge in [0.15, 0.2) is 0 Å². The van der Waals surface area contributed by atoms with Crippen molar-refractivity contribution in [3.63, 3.8) is 0 Å². The number of nitriles is 2. The van der Waals surface area contributed by atoms with E-state index in [9.17, 15) is 20.7 Å². The maximum atomic E-state index is 9.41. The number of nitrogens with one attached hydrogen (secondary N) is 2. The Hall–Kier alpha value is -6.28. The fourth-order valence-corrected chi connectivity index (χ4v) is 5.93. The second kappa shape index (κ2) is 24.4. The molecule has 0 aliphatic heterocycles. The standard InChI is InChI=1S/C46H52N6O6/c1-5-7-9-11-41(57-43-21-45(39(17-33(43)3)29-49-13-15-53)55-31-37-19-35(23-47)25-51-27-37)42(12-10-8-6-2)58-44-22-46(40(18-34(44)4)30-50-14-16-54)56-32-38-20-36(24-48)26-52-28-38/h5-10,17-22,25-28,41-42,49-50,53-54H,1-2,11-16,29-32H2,3-4H3/b9-7-,10-8-/t41-,42?/m1/s1. The maximum Gasteiger partial charge on any atom is 0.139 e. The molecule has 0 bridgehead atoms. The molecule has 58 heavy (non-hydrogen) atoms. The van der Waals surface area contributed by atoms with Gasteiger partial charge in [0.2, 0.25) is 0 Å². The third-order valence-electron chi connectivity index (χ3n) is 8.81. The summed E-state index contributed by atoms with van der Waals surface area (Å²) in [6, 6.07) is 15.5. The van der Waals surface area contributed by atoms with E-state index in [-0.39, 0.29) is 26.4 Å². The van der Waals surface area contributed by atoms with Crippen LogP contribution in [0.25, 0.3) is 0 Å². The average Bonchev–Trinajstić information content (AvgIpc) is 3.24. The third-order valence-corrected chi connectivity index (χ3v) is 8.81. The summed E-state index contributed by atoms with van der Waals surface area (Å²) < 4.78 is 26.5. The molecule has 0 aliphatic carbocycles. The van der Waals surface area contributed by atoms with E-state index in [4.69, 9.17) is 18.9 Å². The molecule has 2 heterocycles. The van der Waals surface area contributed by atoms with Gasteiger partial charge in [-0.3, -0.25) is 9.97 Å². The highest BCUT2D eigenvalue weighted by Crippen LogP contribution is 2.35. The van der Waals surface area contributed by atoms with Gasteiger partial charge in [-0.1, -0.05) is 49.6 Å². The summed E-state index contributed by atoms with van der Waals surface area (Å²) in [7, 11) is 0. The number of ether oxygens (including phenoxy) is 4. The summed E-state index contributed by atoms with van der Waals surface area (Å²) in [4.78, 5) is 8.33. The molecule has 2 aromatic carbocycles. The molecule has 2 atom stereocenters. The van der Waals surface area contributed by atoms with E-state index in [0.29, 0.717) is 73.1 Å². The smallest absolute Gasteiger partial charge is 0.139 e. The average molecular weight is 785 g/mol. The van der Waals surface area contributed by atoms with Crippen molar-refractivity contribution >= 4 is 0 Å². The predicted molar refractivity (Wildman–Crippen MR) is 223 cm³/mol. The van der Waals surface area contributed by atoms with Crippen LogP contribution in [0.15, 0.2) is 111 Å². The molecule has 4 N–H and O–H groups in total. The molecule has 4 aromatic rings. The molecule has 0 saturated heterocycles. The molecule has 0 aliphatic rings. The molecule has 302 valence electrons. The lowest BCUT2D eigenvalue weighted by Gasteiger charge is -2.29. The minimum atomic E-state index is -0.499. The summed E-state index contributed by atoms with van der Waals surface area (Å²) in [6.07, 6.45) is 17.4. The lowest BCUT2D eigenvalue weighted by Crippen LogP contribution is -2.36. The van der Waals surface area contributed by atoms with E-state index in [1.54, 1.807) is 36.7 Å². The number of hydrogen-bond donors (Lipinski definition) is 4. The molecular weight excluding hydrogens is 733 g/mol. The van der Waals surface area contributed by atoms with Gasteiger partial charge in [0, 0.05) is 98.2 Å². The van der Waals surface area contributed by atoms with Crippen molar-refractivity contribution < 1.29 is 29.2 Å². The van der Waals surface area contributed by atoms with Crippen molar-refractivity contribution in [2.75, 3.05) is 26.3 Å². The Morgan fingerprint density at radius 3 is 1.47 bits per heavy atom. The zero-order valence-corrected chi connectivity index (χ0v) is 33.2. The number of pyridine rings is 2. The van der Waals surface area contributed by atoms with Crippen LogP contribution in [0.3, 0.4) is 0 Å². The Morgan fingerprint density at radius 2 is 1.09 bits per heavy atom. The van der Waals surface area contributed by atoms with Gasteiger partial charge >= 0.3 is 0 Å². The Morgan fingerprint density at radius 1 is 0.655 bits per heavy atom. The van der Waals surface area contributed by atoms with Gasteiger partial charge < -0.3 is 39.8 Å². The SMILES string of the molecule is C=C/C=C\CC(Oc1cc(OCc2cncc(C#N)c2)c(CNCCO)cc1C)[C@@H](C/C=C\C=C)Oc1cc(OCc2cncc(C#N)c2)c(CNCCO)cc1C. The van der Waals surface area contributed by atoms with Gasteiger partial charge in [-0.05, 0) is 49.2 Å². The Kier molecular flexibility index (Phi) is 18.7. The zero-order chi connectivity index (χ0) is 41.5. The molecule has 0 saturated carbocycles. The number of aliphatic hydroxyl groups excluding tert-OH is 2. The molecular formula is C46H52N6O6. The first-order valence-electron chi connectivity index (χ1n) is 19.0. The minimum Gasteiger partial charge on any atom is -0.488 e. The molecule has 0 spiro atoms. The number of aromatic nitrogens is 2. The van der Waals surface area contributed by atoms with Crippen molar-refractivity contribution in [2.45, 2.75) is 65.2 Å². The second-order valence-electron chi connectivity index (χ2n) is 13.3. The van der Waals surface area contributed by atoms with Crippen LogP contribution in [0.2, 0.25) is 0 Å². The first-order chi connectivity index (χ1) is 28.3. The summed E-state index contributed by atoms with van der Waals surface area (Å²) in [5.74, 6) is 2.36. The summed E-state index contributed by atoms with van der Waals surface area (Å²) in [5, 5.41) is 44.0. The van der Waals surface area contributed by atoms with Crippen molar-refractivity contribution in [3.8, 4) is 35.1 Å². The highest BCUT2D eigenvalue weighted by atomic mass is 16.5. The summed E-state index contributed by atoms with van der Waals surface area (Å²) >= 11 is 0. The van der Waals surface area contributed by atoms with Gasteiger partial charge in [-0.2, -0.15) is 10.5 Å². The number of aliphatic hydroxyl groups is 2. The fraction of sp³-hybridized carbons (Fsp3) is 0.304. The normalized spacial score (nSPS) is 12.1. The highest BCUT2D eigenvalue weighted by molar-refractivity contribution is 5.48. The molecule has 0 fully saturated rings. The third kappa shape index (κ3) is 14.0. The van der Waals surface area contributed by atoms with Crippen LogP contribution >= 0.6 is 0 Å². The van der Waals surface area contributed by atoms with E-state index in [1.807, 2.05) is 62.4 Å². The molecule has 12 nitrogen and oxygen atoms in total. The highest BCUT2D eigenvalue weighted by Gasteiger charge is 2.26. The molecule has 1 unspecified atom stereocenters. The van der Waals surface area contributed by atoms with Crippen LogP contribution in [0.5, 0.6) is 23.0 Å². The maximum absolute atomic E-state index is 9.41. The number of rotatable bonds is 25. The minimum absolute atomic E-state index is 0.00526. The fourth-order valence-electron chi connectivity index (χ4n) is 5.93. The summed E-state index contributed by atoms with van der Waals surface area (Å²) in [5.41, 5.74) is 5.87. The molecule has 2 aromatic heterocycles. The van der Waals surface area contributed by atoms with Gasteiger partial charge in [0.25, 0.3) is 0 Å². The van der Waals surface area contributed by atoms with Crippen LogP contribution in [-0.2, 0) is 26.3 Å². The first-order valence-corrected chi connectivity index (χ1v) is 19.0. The quantitative estimate of drug-likeness (QED) is 0.0419. The summed E-state index contributed by atoms with van der Waals surface area (Å²) in [6.45, 7) is 13.7. The second-order valence-corrected chi connectivity index (χ2v) is 13.3. The van der Waals surface area contributed by atoms with Gasteiger partial charge in [-0.15, -0.1) is 0 Å². The zero-order valence-electron chi connectivity index (χ0n) is 33.2. The topological polar surface area (TPSA) is 175 Å². The van der Waals surface area contributed by atoms with Crippen LogP contribution < -0.4 is 29.6 Å². The van der Waals surface area contributed by atoms with E-state index in [2.05, 4.69) is 45.9 Å². The number of allylic oxidation sites excluding steroid dienone is 4. The Balaban J connectivity index is 1.71. The van der Waals surface area contributed by atoms with Crippen LogP contribution in [-0.4, -0.2) is 58.7 Å². The predicted octanol–water partition coefficient (Wildman–Crippen LogP) is 6.62. The van der Waals surface area contributed by atoms with Crippen molar-refractivity contribution in [2.24, 2.45) is 0 Å². The number of benzene rings is 2. The largest absolute Gasteiger partial charge is 0.488 e. The van der Waals surface area contributed by atoms with Gasteiger partial charge in [0.1, 0.15) is 60.6 Å². The van der Waals surface area contributed by atoms with Crippen molar-refractivity contribution in [1.29, 1.82) is 10.5 Å². The first kappa shape index (κ1) is 44.4. The van der Waals surface area contributed by atoms with Crippen LogP contribution in [0, 0.1) is 36.5 Å². The lowest BCUT2D eigenvalue weighted by molar-refractivity contribution is 0.0561. The van der Waals surface area contributed by atoms with Crippen LogP contribution in [0.4, 0.5) is 0 Å². The number of hydrogen-bond acceptors (Lipinski definition) is 12. The van der Waals surface area contributed by atoms with E-state index < -0.39 is 12.2 Å². The van der Waals surface area contributed by atoms with E-state index in [0.717, 1.165) is 33.4 Å². The van der Waals surface area contributed by atoms with Gasteiger partial charge in [0.05, 0.1) is 24.3 Å². The lowest BCUT2D eigenvalue weighted by atomic mass is 10.0. The number of nitrogens with zero attached hydrogens (tertiary/aromatic N) is 4. The Bertz CT molecular complexity index is 1950. The molecule has 4 rings (SSSR count). The van der Waals surface area contributed by atoms with E-state index in [1.165, 1.54) is 12.4 Å². The van der Waals surface area contributed by atoms with Crippen molar-refractivity contribution in [1.82, 2.24) is 20.6 Å². The monoisotopic (exact) mass is 784 g/mol.